The molecule has 0 radical (unpaired) electrons. The van der Waals surface area contributed by atoms with Crippen molar-refractivity contribution in [3.05, 3.63) is 42.6 Å². The van der Waals surface area contributed by atoms with Crippen LogP contribution in [0.25, 0.3) is 11.3 Å². The van der Waals surface area contributed by atoms with Gasteiger partial charge in [0, 0.05) is 44.5 Å². The van der Waals surface area contributed by atoms with Crippen LogP contribution in [0, 0.1) is 5.95 Å². The molecule has 0 N–H and O–H groups in total. The molecule has 2 aromatic heterocycles. The maximum absolute atomic E-state index is 14.7. The molecule has 1 saturated heterocycles. The molecule has 0 aromatic carbocycles. The van der Waals surface area contributed by atoms with Crippen LogP contribution >= 0.6 is 11.8 Å². The third kappa shape index (κ3) is 5.94. The van der Waals surface area contributed by atoms with Crippen molar-refractivity contribution in [3.8, 4) is 17.0 Å². The van der Waals surface area contributed by atoms with E-state index in [4.69, 9.17) is 18.9 Å². The van der Waals surface area contributed by atoms with Crippen molar-refractivity contribution < 1.29 is 37.7 Å². The number of carbonyl (C=O) groups is 3. The highest BCUT2D eigenvalue weighted by molar-refractivity contribution is 7.99. The van der Waals surface area contributed by atoms with Gasteiger partial charge in [0.25, 0.3) is 5.95 Å². The van der Waals surface area contributed by atoms with Gasteiger partial charge in [0.15, 0.2) is 29.5 Å². The fourth-order valence-corrected chi connectivity index (χ4v) is 4.34. The summed E-state index contributed by atoms with van der Waals surface area (Å²) in [6, 6.07) is 6.36. The van der Waals surface area contributed by atoms with Crippen LogP contribution in [-0.4, -0.2) is 57.4 Å². The summed E-state index contributed by atoms with van der Waals surface area (Å²) in [7, 11) is 0. The van der Waals surface area contributed by atoms with E-state index in [0.717, 1.165) is 11.8 Å². The normalized spacial score (nSPS) is 22.5. The van der Waals surface area contributed by atoms with Gasteiger partial charge in [0.05, 0.1) is 5.69 Å². The van der Waals surface area contributed by atoms with Crippen molar-refractivity contribution in [1.29, 1.82) is 0 Å². The third-order valence-corrected chi connectivity index (χ3v) is 5.55. The molecule has 32 heavy (non-hydrogen) atoms. The summed E-state index contributed by atoms with van der Waals surface area (Å²) in [6.45, 7) is 3.56. The molecule has 9 nitrogen and oxygen atoms in total. The van der Waals surface area contributed by atoms with Crippen LogP contribution in [0.2, 0.25) is 0 Å². The first-order valence-electron chi connectivity index (χ1n) is 9.61. The van der Waals surface area contributed by atoms with E-state index in [-0.39, 0.29) is 11.5 Å². The second-order valence-electron chi connectivity index (χ2n) is 6.84. The minimum Gasteiger partial charge on any atom is -0.471 e. The van der Waals surface area contributed by atoms with Gasteiger partial charge >= 0.3 is 17.9 Å². The van der Waals surface area contributed by atoms with Crippen molar-refractivity contribution in [3.63, 3.8) is 0 Å². The molecule has 0 aliphatic carbocycles. The van der Waals surface area contributed by atoms with Crippen LogP contribution in [0.5, 0.6) is 5.75 Å². The number of esters is 3. The molecule has 4 atom stereocenters. The Morgan fingerprint density at radius 2 is 1.56 bits per heavy atom. The molecule has 1 aliphatic rings. The molecule has 170 valence electrons. The van der Waals surface area contributed by atoms with Crippen LogP contribution < -0.4 is 4.74 Å². The summed E-state index contributed by atoms with van der Waals surface area (Å²) in [4.78, 5) is 42.7. The maximum atomic E-state index is 14.7. The zero-order chi connectivity index (χ0) is 23.3. The van der Waals surface area contributed by atoms with Gasteiger partial charge in [-0.25, -0.2) is 4.98 Å². The molecule has 0 unspecified atom stereocenters. The molecule has 0 spiro atoms. The van der Waals surface area contributed by atoms with Crippen molar-refractivity contribution in [2.75, 3.05) is 5.75 Å². The lowest BCUT2D eigenvalue weighted by Gasteiger charge is -2.39. The number of aromatic nitrogens is 2. The molecule has 1 aliphatic heterocycles. The molecule has 2 aromatic rings. The highest BCUT2D eigenvalue weighted by atomic mass is 32.2. The predicted octanol–water partition coefficient (Wildman–Crippen LogP) is 2.53. The van der Waals surface area contributed by atoms with Crippen LogP contribution in [0.1, 0.15) is 20.8 Å². The smallest absolute Gasteiger partial charge is 0.303 e. The quantitative estimate of drug-likeness (QED) is 0.359. The second kappa shape index (κ2) is 10.4. The van der Waals surface area contributed by atoms with Crippen molar-refractivity contribution in [2.24, 2.45) is 0 Å². The summed E-state index contributed by atoms with van der Waals surface area (Å²) in [6.07, 6.45) is -0.0210. The zero-order valence-electron chi connectivity index (χ0n) is 17.5. The van der Waals surface area contributed by atoms with Gasteiger partial charge in [0.1, 0.15) is 0 Å². The van der Waals surface area contributed by atoms with E-state index in [0.29, 0.717) is 11.3 Å². The molecular formula is C21H21FN2O7S. The summed E-state index contributed by atoms with van der Waals surface area (Å²) in [5.41, 5.74) is 0.116. The Kier molecular flexibility index (Phi) is 7.62. The van der Waals surface area contributed by atoms with Gasteiger partial charge in [-0.05, 0) is 24.3 Å². The van der Waals surface area contributed by atoms with Crippen molar-refractivity contribution in [1.82, 2.24) is 9.97 Å². The number of nitrogens with zero attached hydrogens (tertiary/aromatic N) is 2. The first-order valence-corrected chi connectivity index (χ1v) is 10.7. The molecular weight excluding hydrogens is 443 g/mol. The topological polar surface area (TPSA) is 114 Å². The molecule has 11 heteroatoms. The second-order valence-corrected chi connectivity index (χ2v) is 7.97. The van der Waals surface area contributed by atoms with E-state index in [1.165, 1.54) is 26.8 Å². The molecule has 0 saturated carbocycles. The molecule has 0 bridgehead atoms. The summed E-state index contributed by atoms with van der Waals surface area (Å²) < 4.78 is 36.3. The third-order valence-electron chi connectivity index (χ3n) is 4.34. The van der Waals surface area contributed by atoms with Crippen LogP contribution in [0.4, 0.5) is 4.39 Å². The Bertz CT molecular complexity index is 991. The fourth-order valence-electron chi connectivity index (χ4n) is 3.13. The number of carbonyl (C=O) groups excluding carboxylic acids is 3. The first-order chi connectivity index (χ1) is 15.2. The summed E-state index contributed by atoms with van der Waals surface area (Å²) in [5.74, 6) is -2.79. The predicted molar refractivity (Wildman–Crippen MR) is 111 cm³/mol. The number of hydrogen-bond acceptors (Lipinski definition) is 10. The van der Waals surface area contributed by atoms with E-state index >= 15 is 0 Å². The molecule has 3 heterocycles. The van der Waals surface area contributed by atoms with Crippen LogP contribution in [-0.2, 0) is 28.6 Å². The van der Waals surface area contributed by atoms with Crippen LogP contribution in [0.15, 0.2) is 36.7 Å². The number of hydrogen-bond donors (Lipinski definition) is 0. The minimum absolute atomic E-state index is 0.171. The van der Waals surface area contributed by atoms with Gasteiger partial charge in [-0.3, -0.25) is 19.4 Å². The SMILES string of the molecule is CC(=O)O[C@@H]1[C@@H](OC(C)=O)[C@@H](Oc2ccc(-c3ccncc3)nc2F)SC[C@H]1OC(C)=O. The standard InChI is InChI=1S/C21H21FN2O7S/c1-11(25)28-17-10-32-21(19(30-13(3)27)18(17)29-12(2)26)31-16-5-4-15(24-20(16)22)14-6-8-23-9-7-14/h4-9,17-19,21H,10H2,1-3H3/t17-,18+,19-,21+/m1/s1. The lowest BCUT2D eigenvalue weighted by Crippen LogP contribution is -2.55. The highest BCUT2D eigenvalue weighted by Crippen LogP contribution is 2.35. The Hall–Kier alpha value is -3.21. The Labute approximate surface area is 187 Å². The van der Waals surface area contributed by atoms with Gasteiger partial charge in [-0.2, -0.15) is 4.39 Å². The fraction of sp³-hybridized carbons (Fsp3) is 0.381. The Morgan fingerprint density at radius 3 is 2.16 bits per heavy atom. The maximum Gasteiger partial charge on any atom is 0.303 e. The molecule has 1 fully saturated rings. The zero-order valence-corrected chi connectivity index (χ0v) is 18.3. The van der Waals surface area contributed by atoms with Gasteiger partial charge < -0.3 is 18.9 Å². The molecule has 3 rings (SSSR count). The summed E-state index contributed by atoms with van der Waals surface area (Å²) in [5, 5.41) is 0. The van der Waals surface area contributed by atoms with Gasteiger partial charge in [-0.1, -0.05) is 0 Å². The number of halogens is 1. The Morgan fingerprint density at radius 1 is 0.938 bits per heavy atom. The van der Waals surface area contributed by atoms with E-state index in [1.807, 2.05) is 0 Å². The number of ether oxygens (including phenoxy) is 4. The van der Waals surface area contributed by atoms with E-state index in [2.05, 4.69) is 9.97 Å². The Balaban J connectivity index is 1.86. The highest BCUT2D eigenvalue weighted by Gasteiger charge is 2.48. The van der Waals surface area contributed by atoms with E-state index in [1.54, 1.807) is 30.6 Å². The van der Waals surface area contributed by atoms with Crippen LogP contribution in [0.3, 0.4) is 0 Å². The first kappa shape index (κ1) is 23.5. The number of rotatable bonds is 6. The monoisotopic (exact) mass is 464 g/mol. The number of thioether (sulfide) groups is 1. The summed E-state index contributed by atoms with van der Waals surface area (Å²) >= 11 is 1.13. The molecule has 0 amide bonds. The van der Waals surface area contributed by atoms with E-state index < -0.39 is 47.6 Å². The van der Waals surface area contributed by atoms with Crippen molar-refractivity contribution >= 4 is 29.7 Å². The lowest BCUT2D eigenvalue weighted by atomic mass is 10.1. The largest absolute Gasteiger partial charge is 0.471 e. The van der Waals surface area contributed by atoms with Crippen molar-refractivity contribution in [2.45, 2.75) is 44.5 Å². The minimum atomic E-state index is -1.15. The average Bonchev–Trinajstić information content (AvgIpc) is 2.73. The average molecular weight is 464 g/mol. The van der Waals surface area contributed by atoms with E-state index in [9.17, 15) is 18.8 Å². The van der Waals surface area contributed by atoms with Gasteiger partial charge in [-0.15, -0.1) is 11.8 Å². The lowest BCUT2D eigenvalue weighted by molar-refractivity contribution is -0.186. The van der Waals surface area contributed by atoms with Gasteiger partial charge in [0.2, 0.25) is 0 Å². The number of pyridine rings is 2.